The minimum Gasteiger partial charge on any atom is -0.508 e. The van der Waals surface area contributed by atoms with Crippen LogP contribution in [0.25, 0.3) is 11.1 Å². The minimum absolute atomic E-state index is 0.226. The van der Waals surface area contributed by atoms with Crippen molar-refractivity contribution in [2.45, 2.75) is 63.7 Å². The molecule has 0 bridgehead atoms. The molecule has 0 unspecified atom stereocenters. The number of hydrogen-bond donors (Lipinski definition) is 6. The van der Waals surface area contributed by atoms with Gasteiger partial charge in [-0.25, -0.2) is 0 Å². The third-order valence-corrected chi connectivity index (χ3v) is 11.1. The summed E-state index contributed by atoms with van der Waals surface area (Å²) in [6.45, 7) is 0. The molecular weight excluding hydrogens is 721 g/mol. The van der Waals surface area contributed by atoms with Gasteiger partial charge in [0.05, 0.1) is 0 Å². The van der Waals surface area contributed by atoms with E-state index >= 15 is 0 Å². The van der Waals surface area contributed by atoms with Crippen LogP contribution in [0.5, 0.6) is 34.5 Å². The lowest BCUT2D eigenvalue weighted by Crippen LogP contribution is -2.07. The molecule has 7 aromatic carbocycles. The molecular formula is C52H50O6. The molecule has 6 N–H and O–H groups in total. The third kappa shape index (κ3) is 10.4. The lowest BCUT2D eigenvalue weighted by atomic mass is 9.82. The largest absolute Gasteiger partial charge is 0.508 e. The summed E-state index contributed by atoms with van der Waals surface area (Å²) in [7, 11) is 0. The van der Waals surface area contributed by atoms with Gasteiger partial charge < -0.3 is 30.6 Å². The van der Waals surface area contributed by atoms with E-state index < -0.39 is 0 Å². The lowest BCUT2D eigenvalue weighted by Gasteiger charge is -2.24. The maximum atomic E-state index is 11.0. The van der Waals surface area contributed by atoms with Crippen LogP contribution in [0.2, 0.25) is 0 Å². The lowest BCUT2D eigenvalue weighted by molar-refractivity contribution is 0.439. The Morgan fingerprint density at radius 1 is 0.345 bits per heavy atom. The van der Waals surface area contributed by atoms with Crippen LogP contribution in [0, 0.1) is 0 Å². The first kappa shape index (κ1) is 39.6. The van der Waals surface area contributed by atoms with Gasteiger partial charge in [-0.1, -0.05) is 110 Å². The number of rotatable bonds is 10. The topological polar surface area (TPSA) is 121 Å². The predicted molar refractivity (Wildman–Crippen MR) is 231 cm³/mol. The standard InChI is InChI=1S/C26H28O3.C26H22O3/c2*27-24-10-6-18(7-11-24)14-22-16-21(20-4-2-1-3-5-20)17-23(26(22)29)15-19-8-12-25(28)13-9-19/h6-13,16-17,20,27-29H,1-5,14-15H2;1-13,16-17,27-29H,14-15H2. The van der Waals surface area contributed by atoms with E-state index in [4.69, 9.17) is 0 Å². The van der Waals surface area contributed by atoms with E-state index in [1.54, 1.807) is 48.5 Å². The molecule has 1 aliphatic carbocycles. The average molecular weight is 771 g/mol. The summed E-state index contributed by atoms with van der Waals surface area (Å²) in [5.41, 5.74) is 11.2. The fraction of sp³-hybridized carbons (Fsp3) is 0.192. The monoisotopic (exact) mass is 770 g/mol. The molecule has 58 heavy (non-hydrogen) atoms. The van der Waals surface area contributed by atoms with Crippen molar-refractivity contribution in [2.24, 2.45) is 0 Å². The van der Waals surface area contributed by atoms with E-state index in [1.165, 1.54) is 37.7 Å². The molecule has 0 heterocycles. The van der Waals surface area contributed by atoms with Crippen molar-refractivity contribution < 1.29 is 30.6 Å². The minimum atomic E-state index is 0.226. The summed E-state index contributed by atoms with van der Waals surface area (Å²) in [5.74, 6) is 2.15. The second-order valence-corrected chi connectivity index (χ2v) is 15.4. The molecule has 0 atom stereocenters. The maximum Gasteiger partial charge on any atom is 0.122 e. The second kappa shape index (κ2) is 18.5. The molecule has 6 nitrogen and oxygen atoms in total. The van der Waals surface area contributed by atoms with E-state index in [0.717, 1.165) is 55.6 Å². The highest BCUT2D eigenvalue weighted by Crippen LogP contribution is 2.38. The second-order valence-electron chi connectivity index (χ2n) is 15.4. The molecule has 0 spiro atoms. The number of phenols is 6. The molecule has 0 amide bonds. The van der Waals surface area contributed by atoms with Crippen LogP contribution in [0.4, 0.5) is 0 Å². The Labute approximate surface area is 340 Å². The van der Waals surface area contributed by atoms with Gasteiger partial charge in [-0.2, -0.15) is 0 Å². The molecule has 0 saturated heterocycles. The average Bonchev–Trinajstić information content (AvgIpc) is 3.25. The maximum absolute atomic E-state index is 11.0. The molecule has 8 rings (SSSR count). The fourth-order valence-electron chi connectivity index (χ4n) is 7.89. The van der Waals surface area contributed by atoms with Crippen molar-refractivity contribution in [3.05, 3.63) is 202 Å². The van der Waals surface area contributed by atoms with Crippen molar-refractivity contribution in [1.82, 2.24) is 0 Å². The Morgan fingerprint density at radius 3 is 1.02 bits per heavy atom. The first-order valence-electron chi connectivity index (χ1n) is 20.0. The van der Waals surface area contributed by atoms with Crippen LogP contribution < -0.4 is 0 Å². The van der Waals surface area contributed by atoms with Gasteiger partial charge in [0.2, 0.25) is 0 Å². The van der Waals surface area contributed by atoms with Crippen LogP contribution in [0.15, 0.2) is 152 Å². The van der Waals surface area contributed by atoms with Crippen LogP contribution >= 0.6 is 0 Å². The van der Waals surface area contributed by atoms with E-state index in [2.05, 4.69) is 24.3 Å². The predicted octanol–water partition coefficient (Wildman–Crippen LogP) is 11.7. The molecule has 0 aliphatic heterocycles. The van der Waals surface area contributed by atoms with Gasteiger partial charge in [-0.3, -0.25) is 0 Å². The Bertz CT molecular complexity index is 2260. The molecule has 1 saturated carbocycles. The van der Waals surface area contributed by atoms with Gasteiger partial charge in [0, 0.05) is 25.7 Å². The Hall–Kier alpha value is -6.66. The summed E-state index contributed by atoms with van der Waals surface area (Å²) < 4.78 is 0. The highest BCUT2D eigenvalue weighted by molar-refractivity contribution is 5.68. The zero-order valence-corrected chi connectivity index (χ0v) is 32.6. The van der Waals surface area contributed by atoms with Gasteiger partial charge in [0.25, 0.3) is 0 Å². The number of benzene rings is 7. The summed E-state index contributed by atoms with van der Waals surface area (Å²) in [6, 6.07) is 47.0. The van der Waals surface area contributed by atoms with Gasteiger partial charge in [0.1, 0.15) is 34.5 Å². The van der Waals surface area contributed by atoms with Crippen LogP contribution in [-0.2, 0) is 25.7 Å². The quantitative estimate of drug-likeness (QED) is 0.0824. The van der Waals surface area contributed by atoms with Crippen molar-refractivity contribution in [2.75, 3.05) is 0 Å². The molecule has 1 aliphatic rings. The fourth-order valence-corrected chi connectivity index (χ4v) is 7.89. The zero-order valence-electron chi connectivity index (χ0n) is 32.6. The van der Waals surface area contributed by atoms with E-state index in [1.807, 2.05) is 78.9 Å². The van der Waals surface area contributed by atoms with Gasteiger partial charge in [-0.05, 0) is 141 Å². The summed E-state index contributed by atoms with van der Waals surface area (Å²) in [5, 5.41) is 60.2. The molecule has 6 heteroatoms. The molecule has 0 aromatic heterocycles. The van der Waals surface area contributed by atoms with Crippen LogP contribution in [-0.4, -0.2) is 30.6 Å². The van der Waals surface area contributed by atoms with Crippen molar-refractivity contribution in [3.8, 4) is 45.6 Å². The summed E-state index contributed by atoms with van der Waals surface area (Å²) in [6.07, 6.45) is 8.67. The smallest absolute Gasteiger partial charge is 0.122 e. The molecule has 1 fully saturated rings. The van der Waals surface area contributed by atoms with Gasteiger partial charge in [0.15, 0.2) is 0 Å². The van der Waals surface area contributed by atoms with E-state index in [0.29, 0.717) is 37.4 Å². The van der Waals surface area contributed by atoms with Gasteiger partial charge in [-0.15, -0.1) is 0 Å². The Morgan fingerprint density at radius 2 is 0.672 bits per heavy atom. The first-order chi connectivity index (χ1) is 28.2. The highest BCUT2D eigenvalue weighted by Gasteiger charge is 2.20. The van der Waals surface area contributed by atoms with Crippen molar-refractivity contribution >= 4 is 0 Å². The van der Waals surface area contributed by atoms with Crippen LogP contribution in [0.3, 0.4) is 0 Å². The van der Waals surface area contributed by atoms with Crippen molar-refractivity contribution in [1.29, 1.82) is 0 Å². The summed E-state index contributed by atoms with van der Waals surface area (Å²) in [4.78, 5) is 0. The van der Waals surface area contributed by atoms with Crippen molar-refractivity contribution in [3.63, 3.8) is 0 Å². The third-order valence-electron chi connectivity index (χ3n) is 11.1. The molecule has 294 valence electrons. The summed E-state index contributed by atoms with van der Waals surface area (Å²) >= 11 is 0. The Balaban J connectivity index is 0.000000177. The molecule has 0 radical (unpaired) electrons. The highest BCUT2D eigenvalue weighted by atomic mass is 16.3. The Kier molecular flexibility index (Phi) is 12.6. The molecule has 7 aromatic rings. The van der Waals surface area contributed by atoms with E-state index in [-0.39, 0.29) is 28.7 Å². The number of aromatic hydroxyl groups is 6. The number of hydrogen-bond acceptors (Lipinski definition) is 6. The number of phenolic OH excluding ortho intramolecular Hbond substituents is 6. The van der Waals surface area contributed by atoms with Gasteiger partial charge >= 0.3 is 0 Å². The zero-order chi connectivity index (χ0) is 40.4. The van der Waals surface area contributed by atoms with E-state index in [9.17, 15) is 30.6 Å². The normalized spacial score (nSPS) is 12.8. The SMILES string of the molecule is Oc1ccc(Cc2cc(-c3ccccc3)cc(Cc3ccc(O)cc3)c2O)cc1.Oc1ccc(Cc2cc(C3CCCCC3)cc(Cc3ccc(O)cc3)c2O)cc1. The van der Waals surface area contributed by atoms with Crippen LogP contribution in [0.1, 0.15) is 88.1 Å². The first-order valence-corrected chi connectivity index (χ1v) is 20.0.